The minimum atomic E-state index is -1.45. The molecular formula is C35H37N7O7S. The average molecular weight is 700 g/mol. The second kappa shape index (κ2) is 13.9. The number of carbonyl (C=O) groups is 4. The van der Waals surface area contributed by atoms with Crippen LogP contribution in [0, 0.1) is 5.92 Å². The fourth-order valence-corrected chi connectivity index (χ4v) is 7.42. The van der Waals surface area contributed by atoms with Gasteiger partial charge in [-0.3, -0.25) is 14.4 Å². The predicted octanol–water partition coefficient (Wildman–Crippen LogP) is 4.09. The normalized spacial score (nSPS) is 25.5. The van der Waals surface area contributed by atoms with Crippen LogP contribution in [0.5, 0.6) is 5.75 Å². The highest BCUT2D eigenvalue weighted by Gasteiger charge is 2.61. The lowest BCUT2D eigenvalue weighted by Crippen LogP contribution is -2.56. The Morgan fingerprint density at radius 1 is 1.12 bits per heavy atom. The number of fused-ring (bicyclic) bond motifs is 2. The molecule has 1 aliphatic carbocycles. The van der Waals surface area contributed by atoms with Gasteiger partial charge in [0.1, 0.15) is 39.8 Å². The van der Waals surface area contributed by atoms with Crippen molar-refractivity contribution in [2.75, 3.05) is 13.7 Å². The van der Waals surface area contributed by atoms with Gasteiger partial charge in [0.25, 0.3) is 5.91 Å². The number of allylic oxidation sites excluding steroid dienone is 1. The van der Waals surface area contributed by atoms with Crippen molar-refractivity contribution in [3.8, 4) is 27.7 Å². The third-order valence-electron chi connectivity index (χ3n) is 9.64. The highest BCUT2D eigenvalue weighted by molar-refractivity contribution is 7.13. The molecule has 4 aromatic rings. The van der Waals surface area contributed by atoms with Crippen molar-refractivity contribution in [2.45, 2.75) is 68.6 Å². The molecular weight excluding hydrogens is 662 g/mol. The van der Waals surface area contributed by atoms with E-state index in [0.717, 1.165) is 24.8 Å². The third-order valence-corrected chi connectivity index (χ3v) is 10.4. The Labute approximate surface area is 291 Å². The molecule has 14 nitrogen and oxygen atoms in total. The van der Waals surface area contributed by atoms with Gasteiger partial charge in [-0.1, -0.05) is 25.0 Å². The van der Waals surface area contributed by atoms with Crippen LogP contribution >= 0.6 is 11.3 Å². The smallest absolute Gasteiger partial charge is 0.330 e. The Bertz CT molecular complexity index is 1890. The van der Waals surface area contributed by atoms with E-state index in [9.17, 15) is 24.3 Å². The number of aliphatic carboxylic acids is 1. The lowest BCUT2D eigenvalue weighted by atomic mass is 10.0. The number of aromatic nitrogens is 4. The Kier molecular flexibility index (Phi) is 9.23. The molecule has 3 amide bonds. The average Bonchev–Trinajstić information content (AvgIpc) is 3.77. The first kappa shape index (κ1) is 33.2. The number of nitrogens with zero attached hydrogens (tertiary/aromatic N) is 5. The fourth-order valence-electron chi connectivity index (χ4n) is 6.80. The highest BCUT2D eigenvalue weighted by Crippen LogP contribution is 2.46. The molecule has 0 radical (unpaired) electrons. The van der Waals surface area contributed by atoms with Gasteiger partial charge >= 0.3 is 5.97 Å². The summed E-state index contributed by atoms with van der Waals surface area (Å²) in [7, 11) is 1.59. The number of ether oxygens (including phenoxy) is 1. The molecule has 1 saturated heterocycles. The molecule has 1 saturated carbocycles. The number of carbonyl (C=O) groups excluding carboxylic acids is 3. The minimum absolute atomic E-state index is 0.0570. The highest BCUT2D eigenvalue weighted by atomic mass is 32.1. The Morgan fingerprint density at radius 3 is 2.66 bits per heavy atom. The molecule has 1 aromatic carbocycles. The minimum Gasteiger partial charge on any atom is -0.497 e. The molecule has 50 heavy (non-hydrogen) atoms. The number of furan rings is 1. The molecule has 7 rings (SSSR count). The van der Waals surface area contributed by atoms with Crippen molar-refractivity contribution < 1.29 is 33.4 Å². The number of methoxy groups -OCH3 is 1. The van der Waals surface area contributed by atoms with Gasteiger partial charge in [-0.25, -0.2) is 9.78 Å². The zero-order valence-electron chi connectivity index (χ0n) is 27.4. The molecule has 15 heteroatoms. The summed E-state index contributed by atoms with van der Waals surface area (Å²) in [5.41, 5.74) is 0.452. The Morgan fingerprint density at radius 2 is 1.94 bits per heavy atom. The van der Waals surface area contributed by atoms with E-state index in [-0.39, 0.29) is 31.1 Å². The topological polar surface area (TPSA) is 182 Å². The number of carboxylic acid groups (broad SMARTS) is 1. The number of hydrogen-bond donors (Lipinski definition) is 3. The van der Waals surface area contributed by atoms with Crippen LogP contribution in [0.3, 0.4) is 0 Å². The second-order valence-electron chi connectivity index (χ2n) is 12.8. The first-order valence-electron chi connectivity index (χ1n) is 16.7. The van der Waals surface area contributed by atoms with Crippen molar-refractivity contribution in [3.63, 3.8) is 0 Å². The maximum atomic E-state index is 14.4. The van der Waals surface area contributed by atoms with E-state index in [0.29, 0.717) is 35.0 Å². The Hall–Kier alpha value is -5.31. The zero-order chi connectivity index (χ0) is 34.8. The molecule has 0 bridgehead atoms. The number of benzene rings is 1. The van der Waals surface area contributed by atoms with E-state index in [1.165, 1.54) is 33.4 Å². The van der Waals surface area contributed by atoms with Crippen LogP contribution in [-0.4, -0.2) is 85.0 Å². The molecule has 260 valence electrons. The van der Waals surface area contributed by atoms with Crippen LogP contribution in [0.1, 0.15) is 61.5 Å². The maximum absolute atomic E-state index is 14.4. The second-order valence-corrected chi connectivity index (χ2v) is 13.7. The van der Waals surface area contributed by atoms with E-state index in [1.807, 2.05) is 41.8 Å². The van der Waals surface area contributed by atoms with Gasteiger partial charge in [-0.2, -0.15) is 9.90 Å². The third kappa shape index (κ3) is 6.52. The first-order chi connectivity index (χ1) is 24.3. The van der Waals surface area contributed by atoms with E-state index in [4.69, 9.17) is 19.4 Å². The fraction of sp³-hybridized carbons (Fsp3) is 0.400. The molecule has 0 unspecified atom stereocenters. The van der Waals surface area contributed by atoms with E-state index in [1.54, 1.807) is 19.4 Å². The van der Waals surface area contributed by atoms with Crippen molar-refractivity contribution in [1.29, 1.82) is 0 Å². The van der Waals surface area contributed by atoms with Gasteiger partial charge in [0.15, 0.2) is 5.76 Å². The van der Waals surface area contributed by atoms with Gasteiger partial charge in [0.05, 0.1) is 19.4 Å². The summed E-state index contributed by atoms with van der Waals surface area (Å²) in [5.74, 6) is -2.28. The number of hydrogen-bond acceptors (Lipinski definition) is 10. The monoisotopic (exact) mass is 699 g/mol. The van der Waals surface area contributed by atoms with Crippen LogP contribution in [0.2, 0.25) is 0 Å². The summed E-state index contributed by atoms with van der Waals surface area (Å²) in [6.45, 7) is 0.0570. The van der Waals surface area contributed by atoms with Gasteiger partial charge in [-0.15, -0.1) is 16.4 Å². The van der Waals surface area contributed by atoms with Gasteiger partial charge < -0.3 is 29.8 Å². The van der Waals surface area contributed by atoms with E-state index >= 15 is 0 Å². The summed E-state index contributed by atoms with van der Waals surface area (Å²) in [6.07, 6.45) is 10.7. The molecule has 0 spiro atoms. The SMILES string of the molecule is COc1ccc(-c2nn([C@@H]3C[C@H]4C(=O)N[C@]5(C(=O)O)C[C@H]5C=CCCCCC[C@H](NC(=O)c5ccco5)C(=O)N4C3)nc2-c2nccs2)cc1. The molecule has 5 atom stereocenters. The quantitative estimate of drug-likeness (QED) is 0.238. The molecule has 3 aliphatic rings. The van der Waals surface area contributed by atoms with Crippen LogP contribution in [-0.2, 0) is 14.4 Å². The van der Waals surface area contributed by atoms with Gasteiger partial charge in [0.2, 0.25) is 11.8 Å². The van der Waals surface area contributed by atoms with Crippen molar-refractivity contribution >= 4 is 35.0 Å². The van der Waals surface area contributed by atoms with E-state index < -0.39 is 47.4 Å². The summed E-state index contributed by atoms with van der Waals surface area (Å²) in [5, 5.41) is 28.0. The van der Waals surface area contributed by atoms with Crippen LogP contribution in [0.4, 0.5) is 0 Å². The molecule has 3 N–H and O–H groups in total. The number of amides is 3. The van der Waals surface area contributed by atoms with Crippen molar-refractivity contribution in [1.82, 2.24) is 35.5 Å². The summed E-state index contributed by atoms with van der Waals surface area (Å²) >= 11 is 1.41. The first-order valence-corrected chi connectivity index (χ1v) is 17.5. The van der Waals surface area contributed by atoms with Crippen LogP contribution < -0.4 is 15.4 Å². The van der Waals surface area contributed by atoms with Crippen LogP contribution in [0.25, 0.3) is 22.0 Å². The summed E-state index contributed by atoms with van der Waals surface area (Å²) in [4.78, 5) is 61.6. The lowest BCUT2D eigenvalue weighted by molar-refractivity contribution is -0.145. The number of carboxylic acids is 1. The molecule has 5 heterocycles. The van der Waals surface area contributed by atoms with Crippen molar-refractivity contribution in [3.05, 3.63) is 72.2 Å². The van der Waals surface area contributed by atoms with Gasteiger partial charge in [0, 0.05) is 36.0 Å². The molecule has 2 aliphatic heterocycles. The summed E-state index contributed by atoms with van der Waals surface area (Å²) in [6, 6.07) is 7.97. The number of rotatable bonds is 7. The van der Waals surface area contributed by atoms with Crippen molar-refractivity contribution in [2.24, 2.45) is 5.92 Å². The largest absolute Gasteiger partial charge is 0.497 e. The molecule has 3 aromatic heterocycles. The Balaban J connectivity index is 1.24. The number of thiazole rings is 1. The summed E-state index contributed by atoms with van der Waals surface area (Å²) < 4.78 is 10.6. The zero-order valence-corrected chi connectivity index (χ0v) is 28.2. The molecule has 2 fully saturated rings. The predicted molar refractivity (Wildman–Crippen MR) is 181 cm³/mol. The standard InChI is InChI=1S/C35H37N7O7S/c1-48-24-13-11-21(12-14-24)28-29(32-36-15-17-50-32)40-42(39-28)23-18-26-30(43)38-35(34(46)47)19-22(35)8-5-3-2-4-6-9-25(33(45)41(26)20-23)37-31(44)27-10-7-16-49-27/h5,7-8,10-17,22-23,25-26H,2-4,6,9,18-20H2,1H3,(H,37,44)(H,38,43)(H,46,47)/t22-,23-,25+,26+,35-/m1/s1. The number of nitrogens with one attached hydrogen (secondary N) is 2. The van der Waals surface area contributed by atoms with Crippen LogP contribution in [0.15, 0.2) is 70.8 Å². The maximum Gasteiger partial charge on any atom is 0.330 e. The van der Waals surface area contributed by atoms with Gasteiger partial charge in [-0.05, 0) is 62.1 Å². The van der Waals surface area contributed by atoms with E-state index in [2.05, 4.69) is 15.6 Å². The lowest BCUT2D eigenvalue weighted by Gasteiger charge is -2.29.